The molecule has 0 unspecified atom stereocenters. The number of ether oxygens (including phenoxy) is 1. The van der Waals surface area contributed by atoms with E-state index in [0.717, 1.165) is 12.8 Å². The van der Waals surface area contributed by atoms with Crippen molar-refractivity contribution < 1.29 is 14.3 Å². The Morgan fingerprint density at radius 2 is 2.04 bits per heavy atom. The quantitative estimate of drug-likeness (QED) is 0.901. The first-order valence-electron chi connectivity index (χ1n) is 8.53. The molecule has 24 heavy (non-hydrogen) atoms. The number of rotatable bonds is 5. The summed E-state index contributed by atoms with van der Waals surface area (Å²) in [5, 5.41) is 2.87. The lowest BCUT2D eigenvalue weighted by molar-refractivity contribution is 0.0303. The van der Waals surface area contributed by atoms with Crippen LogP contribution in [0.25, 0.3) is 0 Å². The molecule has 1 aromatic rings. The predicted octanol–water partition coefficient (Wildman–Crippen LogP) is 2.81. The number of amides is 3. The molecule has 132 valence electrons. The number of carbonyl (C=O) groups excluding carboxylic acids is 2. The fourth-order valence-electron chi connectivity index (χ4n) is 2.70. The summed E-state index contributed by atoms with van der Waals surface area (Å²) in [7, 11) is 1.79. The Kier molecular flexibility index (Phi) is 6.61. The van der Waals surface area contributed by atoms with Crippen LogP contribution < -0.4 is 5.32 Å². The van der Waals surface area contributed by atoms with Crippen molar-refractivity contribution in [2.75, 3.05) is 38.7 Å². The number of hydrogen-bond acceptors (Lipinski definition) is 3. The van der Waals surface area contributed by atoms with Crippen LogP contribution in [0, 0.1) is 0 Å². The molecular formula is C18H27N3O3. The van der Waals surface area contributed by atoms with Crippen LogP contribution in [0.4, 0.5) is 10.5 Å². The van der Waals surface area contributed by atoms with Gasteiger partial charge >= 0.3 is 6.03 Å². The monoisotopic (exact) mass is 333 g/mol. The highest BCUT2D eigenvalue weighted by molar-refractivity contribution is 5.97. The van der Waals surface area contributed by atoms with E-state index >= 15 is 0 Å². The minimum absolute atomic E-state index is 0.0258. The first-order chi connectivity index (χ1) is 11.5. The number of anilines is 1. The molecule has 2 rings (SSSR count). The first kappa shape index (κ1) is 18.3. The van der Waals surface area contributed by atoms with E-state index in [1.807, 2.05) is 6.92 Å². The maximum atomic E-state index is 12.5. The van der Waals surface area contributed by atoms with Gasteiger partial charge in [-0.2, -0.15) is 0 Å². The van der Waals surface area contributed by atoms with Gasteiger partial charge in [-0.1, -0.05) is 19.4 Å². The van der Waals surface area contributed by atoms with Crippen molar-refractivity contribution in [3.05, 3.63) is 29.8 Å². The Labute approximate surface area is 143 Å². The lowest BCUT2D eigenvalue weighted by Crippen LogP contribution is -2.40. The summed E-state index contributed by atoms with van der Waals surface area (Å²) in [6.45, 7) is 6.48. The average Bonchev–Trinajstić information content (AvgIpc) is 2.61. The summed E-state index contributed by atoms with van der Waals surface area (Å²) >= 11 is 0. The van der Waals surface area contributed by atoms with Crippen LogP contribution >= 0.6 is 0 Å². The zero-order valence-electron chi connectivity index (χ0n) is 14.7. The second-order valence-corrected chi connectivity index (χ2v) is 6.16. The molecule has 1 atom stereocenters. The fraction of sp³-hybridized carbons (Fsp3) is 0.556. The Morgan fingerprint density at radius 1 is 1.33 bits per heavy atom. The molecule has 0 aromatic heterocycles. The van der Waals surface area contributed by atoms with E-state index in [0.29, 0.717) is 37.6 Å². The van der Waals surface area contributed by atoms with Gasteiger partial charge in [0, 0.05) is 37.4 Å². The van der Waals surface area contributed by atoms with E-state index in [2.05, 4.69) is 12.2 Å². The topological polar surface area (TPSA) is 61.9 Å². The molecule has 6 heteroatoms. The average molecular weight is 333 g/mol. The summed E-state index contributed by atoms with van der Waals surface area (Å²) in [4.78, 5) is 28.3. The van der Waals surface area contributed by atoms with E-state index in [-0.39, 0.29) is 18.0 Å². The number of nitrogens with zero attached hydrogens (tertiary/aromatic N) is 2. The van der Waals surface area contributed by atoms with E-state index < -0.39 is 0 Å². The van der Waals surface area contributed by atoms with Gasteiger partial charge in [0.25, 0.3) is 5.91 Å². The zero-order chi connectivity index (χ0) is 17.5. The van der Waals surface area contributed by atoms with Crippen molar-refractivity contribution in [1.82, 2.24) is 9.80 Å². The molecule has 1 aliphatic heterocycles. The number of carbonyl (C=O) groups is 2. The minimum atomic E-state index is -0.160. The Bertz CT molecular complexity index is 570. The predicted molar refractivity (Wildman–Crippen MR) is 94.3 cm³/mol. The number of benzene rings is 1. The van der Waals surface area contributed by atoms with E-state index in [1.165, 1.54) is 0 Å². The lowest BCUT2D eigenvalue weighted by Gasteiger charge is -2.27. The summed E-state index contributed by atoms with van der Waals surface area (Å²) in [6.07, 6.45) is 1.99. The molecule has 1 aromatic carbocycles. The molecule has 1 N–H and O–H groups in total. The highest BCUT2D eigenvalue weighted by Crippen LogP contribution is 2.15. The molecule has 1 aliphatic rings. The number of urea groups is 1. The molecule has 0 radical (unpaired) electrons. The van der Waals surface area contributed by atoms with Gasteiger partial charge in [0.15, 0.2) is 0 Å². The van der Waals surface area contributed by atoms with Gasteiger partial charge in [0.2, 0.25) is 0 Å². The van der Waals surface area contributed by atoms with E-state index in [9.17, 15) is 9.59 Å². The van der Waals surface area contributed by atoms with Crippen molar-refractivity contribution in [1.29, 1.82) is 0 Å². The maximum Gasteiger partial charge on any atom is 0.321 e. The first-order valence-corrected chi connectivity index (χ1v) is 8.53. The van der Waals surface area contributed by atoms with Crippen molar-refractivity contribution in [3.8, 4) is 0 Å². The second kappa shape index (κ2) is 8.68. The van der Waals surface area contributed by atoms with Gasteiger partial charge < -0.3 is 19.9 Å². The van der Waals surface area contributed by atoms with Gasteiger partial charge in [-0.25, -0.2) is 4.79 Å². The molecule has 0 aliphatic carbocycles. The Balaban J connectivity index is 2.01. The molecule has 3 amide bonds. The third-order valence-corrected chi connectivity index (χ3v) is 4.35. The van der Waals surface area contributed by atoms with Gasteiger partial charge in [-0.15, -0.1) is 0 Å². The van der Waals surface area contributed by atoms with Crippen molar-refractivity contribution >= 4 is 17.6 Å². The van der Waals surface area contributed by atoms with Gasteiger partial charge in [0.05, 0.1) is 13.2 Å². The molecular weight excluding hydrogens is 306 g/mol. The summed E-state index contributed by atoms with van der Waals surface area (Å²) in [5.74, 6) is -0.0258. The highest BCUT2D eigenvalue weighted by atomic mass is 16.5. The van der Waals surface area contributed by atoms with Crippen LogP contribution in [0.5, 0.6) is 0 Å². The van der Waals surface area contributed by atoms with Crippen LogP contribution in [0.3, 0.4) is 0 Å². The van der Waals surface area contributed by atoms with Crippen LogP contribution in [-0.2, 0) is 4.74 Å². The molecule has 0 saturated carbocycles. The summed E-state index contributed by atoms with van der Waals surface area (Å²) in [5.41, 5.74) is 1.22. The number of hydrogen-bond donors (Lipinski definition) is 1. The molecule has 0 bridgehead atoms. The normalized spacial score (nSPS) is 15.7. The molecule has 0 spiro atoms. The fourth-order valence-corrected chi connectivity index (χ4v) is 2.70. The largest absolute Gasteiger partial charge is 0.378 e. The van der Waals surface area contributed by atoms with Crippen molar-refractivity contribution in [3.63, 3.8) is 0 Å². The zero-order valence-corrected chi connectivity index (χ0v) is 14.7. The van der Waals surface area contributed by atoms with Crippen molar-refractivity contribution in [2.45, 2.75) is 32.7 Å². The van der Waals surface area contributed by atoms with Gasteiger partial charge in [-0.3, -0.25) is 4.79 Å². The van der Waals surface area contributed by atoms with Crippen LogP contribution in [-0.4, -0.2) is 61.1 Å². The SMILES string of the molecule is CCC[C@H](C)N(C)C(=O)Nc1cccc(C(=O)N2CCOCC2)c1. The van der Waals surface area contributed by atoms with Crippen molar-refractivity contribution in [2.24, 2.45) is 0 Å². The Morgan fingerprint density at radius 3 is 2.71 bits per heavy atom. The molecule has 6 nitrogen and oxygen atoms in total. The Hall–Kier alpha value is -2.08. The van der Waals surface area contributed by atoms with Gasteiger partial charge in [0.1, 0.15) is 0 Å². The number of nitrogens with one attached hydrogen (secondary N) is 1. The molecule has 1 saturated heterocycles. The maximum absolute atomic E-state index is 12.5. The third-order valence-electron chi connectivity index (χ3n) is 4.35. The number of morpholine rings is 1. The second-order valence-electron chi connectivity index (χ2n) is 6.16. The standard InChI is InChI=1S/C18H27N3O3/c1-4-6-14(2)20(3)18(23)19-16-8-5-7-15(13-16)17(22)21-9-11-24-12-10-21/h5,7-8,13-14H,4,6,9-12H2,1-3H3,(H,19,23)/t14-/m0/s1. The minimum Gasteiger partial charge on any atom is -0.378 e. The van der Waals surface area contributed by atoms with Crippen LogP contribution in [0.2, 0.25) is 0 Å². The molecule has 1 fully saturated rings. The lowest BCUT2D eigenvalue weighted by atomic mass is 10.1. The van der Waals surface area contributed by atoms with Crippen LogP contribution in [0.15, 0.2) is 24.3 Å². The van der Waals surface area contributed by atoms with E-state index in [4.69, 9.17) is 4.74 Å². The third kappa shape index (κ3) is 4.71. The highest BCUT2D eigenvalue weighted by Gasteiger charge is 2.19. The summed E-state index contributed by atoms with van der Waals surface area (Å²) in [6, 6.07) is 7.11. The summed E-state index contributed by atoms with van der Waals surface area (Å²) < 4.78 is 5.27. The molecule has 1 heterocycles. The van der Waals surface area contributed by atoms with E-state index in [1.54, 1.807) is 41.1 Å². The van der Waals surface area contributed by atoms with Gasteiger partial charge in [-0.05, 0) is 31.5 Å². The van der Waals surface area contributed by atoms with Crippen LogP contribution in [0.1, 0.15) is 37.0 Å². The smallest absolute Gasteiger partial charge is 0.321 e.